The maximum atomic E-state index is 13.7. The highest BCUT2D eigenvalue weighted by Gasteiger charge is 2.50. The van der Waals surface area contributed by atoms with Crippen LogP contribution in [0.2, 0.25) is 5.02 Å². The lowest BCUT2D eigenvalue weighted by molar-refractivity contribution is 0.0507. The Morgan fingerprint density at radius 2 is 1.56 bits per heavy atom. The third-order valence-electron chi connectivity index (χ3n) is 6.87. The summed E-state index contributed by atoms with van der Waals surface area (Å²) < 4.78 is 60.8. The van der Waals surface area contributed by atoms with E-state index in [1.165, 1.54) is 30.3 Å². The van der Waals surface area contributed by atoms with Crippen molar-refractivity contribution in [3.8, 4) is 17.2 Å². The van der Waals surface area contributed by atoms with Crippen LogP contribution in [-0.2, 0) is 24.6 Å². The summed E-state index contributed by atoms with van der Waals surface area (Å²) in [6.45, 7) is -0.447. The normalized spacial score (nSPS) is 20.6. The summed E-state index contributed by atoms with van der Waals surface area (Å²) in [5.74, 6) is 0. The van der Waals surface area contributed by atoms with Crippen LogP contribution >= 0.6 is 11.6 Å². The van der Waals surface area contributed by atoms with Crippen molar-refractivity contribution in [3.05, 3.63) is 83.9 Å². The van der Waals surface area contributed by atoms with Gasteiger partial charge in [-0.2, -0.15) is 9.57 Å². The van der Waals surface area contributed by atoms with Gasteiger partial charge < -0.3 is 10.1 Å². The number of nitrogens with zero attached hydrogens (tertiary/aromatic N) is 2. The van der Waals surface area contributed by atoms with Crippen molar-refractivity contribution in [2.45, 2.75) is 46.1 Å². The molecule has 0 bridgehead atoms. The molecule has 1 N–H and O–H groups in total. The van der Waals surface area contributed by atoms with Gasteiger partial charge >= 0.3 is 6.09 Å². The molecule has 0 unspecified atom stereocenters. The molecule has 0 aromatic heterocycles. The van der Waals surface area contributed by atoms with Gasteiger partial charge in [0, 0.05) is 13.0 Å². The number of ether oxygens (including phenoxy) is 1. The molecule has 1 amide bonds. The lowest BCUT2D eigenvalue weighted by Gasteiger charge is -2.24. The maximum absolute atomic E-state index is 13.7. The molecule has 3 aromatic carbocycles. The minimum atomic E-state index is -4.29. The Morgan fingerprint density at radius 1 is 0.949 bits per heavy atom. The van der Waals surface area contributed by atoms with Gasteiger partial charge in [-0.1, -0.05) is 66.2 Å². The average Bonchev–Trinajstić information content (AvgIpc) is 3.56. The lowest BCUT2D eigenvalue weighted by Crippen LogP contribution is -2.43. The summed E-state index contributed by atoms with van der Waals surface area (Å²) >= 11 is 6.15. The van der Waals surface area contributed by atoms with Crippen LogP contribution in [0.5, 0.6) is 0 Å². The minimum absolute atomic E-state index is 0.00946. The van der Waals surface area contributed by atoms with E-state index in [1.54, 1.807) is 18.2 Å². The molecule has 12 heteroatoms. The van der Waals surface area contributed by atoms with Gasteiger partial charge in [0.05, 0.1) is 26.1 Å². The van der Waals surface area contributed by atoms with Gasteiger partial charge in [0.2, 0.25) is 10.0 Å². The van der Waals surface area contributed by atoms with Crippen LogP contribution in [0, 0.1) is 11.3 Å². The van der Waals surface area contributed by atoms with Crippen molar-refractivity contribution in [2.24, 2.45) is 0 Å². The molecular weight excluding hydrogens is 562 g/mol. The number of amides is 1. The summed E-state index contributed by atoms with van der Waals surface area (Å²) in [4.78, 5) is 12.4. The number of nitrogens with one attached hydrogen (secondary N) is 1. The number of hydrogen-bond acceptors (Lipinski definition) is 7. The van der Waals surface area contributed by atoms with E-state index in [0.717, 1.165) is 15.4 Å². The van der Waals surface area contributed by atoms with Gasteiger partial charge in [0.15, 0.2) is 16.1 Å². The number of carbonyl (C=O) groups is 1. The number of sulfonamides is 1. The van der Waals surface area contributed by atoms with Crippen LogP contribution in [0.15, 0.2) is 88.7 Å². The highest BCUT2D eigenvalue weighted by molar-refractivity contribution is 7.92. The highest BCUT2D eigenvalue weighted by atomic mass is 35.5. The number of sulfone groups is 1. The molecule has 9 nitrogen and oxygen atoms in total. The molecule has 0 radical (unpaired) electrons. The van der Waals surface area contributed by atoms with Crippen molar-refractivity contribution in [1.82, 2.24) is 9.62 Å². The van der Waals surface area contributed by atoms with Gasteiger partial charge in [-0.3, -0.25) is 0 Å². The van der Waals surface area contributed by atoms with E-state index in [2.05, 4.69) is 5.32 Å². The minimum Gasteiger partial charge on any atom is -0.429 e. The second kappa shape index (κ2) is 10.3. The molecular formula is C27H24ClN3O6S2. The quantitative estimate of drug-likeness (QED) is 0.435. The standard InChI is InChI=1S/C27H24ClN3O6S2/c28-23-8-4-5-9-24(23)38(33,34)22-16-25(37-26(32)30-27(18-29)14-15-27)31(17-22)39(35,36)21-12-10-20(11-13-21)19-6-2-1-3-7-19/h1-13,22,25H,14-17H2,(H,30,32)/t22-,25+/m1/s1. The van der Waals surface area contributed by atoms with E-state index in [-0.39, 0.29) is 21.2 Å². The first-order valence-corrected chi connectivity index (χ1v) is 15.5. The number of benzene rings is 3. The molecule has 2 fully saturated rings. The molecule has 2 atom stereocenters. The summed E-state index contributed by atoms with van der Waals surface area (Å²) in [5.41, 5.74) is 0.654. The Balaban J connectivity index is 1.45. The number of carbonyl (C=O) groups excluding carboxylic acids is 1. The number of nitriles is 1. The second-order valence-corrected chi connectivity index (χ2v) is 14.0. The molecule has 0 spiro atoms. The van der Waals surface area contributed by atoms with Crippen molar-refractivity contribution in [2.75, 3.05) is 6.54 Å². The SMILES string of the molecule is N#CC1(NC(=O)O[C@H]2C[C@@H](S(=O)(=O)c3ccccc3Cl)CN2S(=O)(=O)c2ccc(-c3ccccc3)cc2)CC1. The smallest absolute Gasteiger partial charge is 0.410 e. The molecule has 1 saturated carbocycles. The van der Waals surface area contributed by atoms with Gasteiger partial charge in [0.25, 0.3) is 0 Å². The summed E-state index contributed by atoms with van der Waals surface area (Å²) in [5, 5.41) is 10.5. The Labute approximate surface area is 231 Å². The van der Waals surface area contributed by atoms with E-state index in [4.69, 9.17) is 16.3 Å². The number of rotatable bonds is 7. The number of alkyl carbamates (subject to hydrolysis) is 1. The van der Waals surface area contributed by atoms with E-state index in [9.17, 15) is 26.9 Å². The number of halogens is 1. The van der Waals surface area contributed by atoms with E-state index >= 15 is 0 Å². The fourth-order valence-electron chi connectivity index (χ4n) is 4.50. The van der Waals surface area contributed by atoms with Crippen LogP contribution in [0.4, 0.5) is 4.79 Å². The van der Waals surface area contributed by atoms with Gasteiger partial charge in [0.1, 0.15) is 5.54 Å². The first-order chi connectivity index (χ1) is 18.6. The van der Waals surface area contributed by atoms with E-state index in [1.807, 2.05) is 36.4 Å². The molecule has 1 saturated heterocycles. The molecule has 202 valence electrons. The Hall–Kier alpha value is -3.43. The third kappa shape index (κ3) is 5.38. The molecule has 1 heterocycles. The fourth-order valence-corrected chi connectivity index (χ4v) is 8.36. The zero-order chi connectivity index (χ0) is 27.8. The predicted molar refractivity (Wildman–Crippen MR) is 144 cm³/mol. The van der Waals surface area contributed by atoms with Crippen LogP contribution < -0.4 is 5.32 Å². The first kappa shape index (κ1) is 27.1. The zero-order valence-electron chi connectivity index (χ0n) is 20.5. The topological polar surface area (TPSA) is 134 Å². The van der Waals surface area contributed by atoms with Crippen molar-refractivity contribution < 1.29 is 26.4 Å². The summed E-state index contributed by atoms with van der Waals surface area (Å²) in [6.07, 6.45) is -1.82. The molecule has 39 heavy (non-hydrogen) atoms. The maximum Gasteiger partial charge on any atom is 0.410 e. The first-order valence-electron chi connectivity index (χ1n) is 12.1. The Bertz CT molecular complexity index is 1650. The fraction of sp³-hybridized carbons (Fsp3) is 0.259. The number of hydrogen-bond donors (Lipinski definition) is 1. The molecule has 3 aromatic rings. The molecule has 2 aliphatic rings. The summed E-state index contributed by atoms with van der Waals surface area (Å²) in [7, 11) is -8.37. The molecule has 5 rings (SSSR count). The average molecular weight is 586 g/mol. The largest absolute Gasteiger partial charge is 0.429 e. The monoisotopic (exact) mass is 585 g/mol. The van der Waals surface area contributed by atoms with E-state index in [0.29, 0.717) is 12.8 Å². The zero-order valence-corrected chi connectivity index (χ0v) is 22.9. The summed E-state index contributed by atoms with van der Waals surface area (Å²) in [6, 6.07) is 23.5. The molecule has 1 aliphatic heterocycles. The van der Waals surface area contributed by atoms with Gasteiger partial charge in [-0.25, -0.2) is 21.6 Å². The van der Waals surface area contributed by atoms with Gasteiger partial charge in [-0.05, 0) is 48.2 Å². The Kier molecular flexibility index (Phi) is 7.15. The highest BCUT2D eigenvalue weighted by Crippen LogP contribution is 2.37. The second-order valence-electron chi connectivity index (χ2n) is 9.48. The van der Waals surface area contributed by atoms with Crippen molar-refractivity contribution >= 4 is 37.6 Å². The van der Waals surface area contributed by atoms with Crippen LogP contribution in [0.1, 0.15) is 19.3 Å². The lowest BCUT2D eigenvalue weighted by atomic mass is 10.1. The third-order valence-corrected chi connectivity index (χ3v) is 11.4. The van der Waals surface area contributed by atoms with Gasteiger partial charge in [-0.15, -0.1) is 0 Å². The predicted octanol–water partition coefficient (Wildman–Crippen LogP) is 4.35. The van der Waals surface area contributed by atoms with E-state index < -0.39 is 49.5 Å². The van der Waals surface area contributed by atoms with Crippen molar-refractivity contribution in [1.29, 1.82) is 5.26 Å². The Morgan fingerprint density at radius 3 is 2.18 bits per heavy atom. The van der Waals surface area contributed by atoms with Crippen LogP contribution in [-0.4, -0.2) is 50.8 Å². The molecule has 1 aliphatic carbocycles. The van der Waals surface area contributed by atoms with Crippen LogP contribution in [0.25, 0.3) is 11.1 Å². The van der Waals surface area contributed by atoms with Crippen molar-refractivity contribution in [3.63, 3.8) is 0 Å². The van der Waals surface area contributed by atoms with Crippen LogP contribution in [0.3, 0.4) is 0 Å².